The zero-order valence-corrected chi connectivity index (χ0v) is 23.4. The third-order valence-corrected chi connectivity index (χ3v) is 7.37. The Morgan fingerprint density at radius 3 is 2.43 bits per heavy atom. The van der Waals surface area contributed by atoms with E-state index in [1.54, 1.807) is 59.5 Å². The van der Waals surface area contributed by atoms with Gasteiger partial charge in [0, 0.05) is 27.3 Å². The van der Waals surface area contributed by atoms with Crippen molar-refractivity contribution in [3.8, 4) is 5.75 Å². The first-order valence-corrected chi connectivity index (χ1v) is 13.1. The SMILES string of the molecule is COc1ccc(N2C(=O)C(CC(=O)Nc3cccc(Cl)c3)N(CCc3ccc(Cl)cc3Cl)C2=S)cc1Cl. The Kier molecular flexibility index (Phi) is 8.82. The normalized spacial score (nSPS) is 15.3. The highest BCUT2D eigenvalue weighted by atomic mass is 35.5. The highest BCUT2D eigenvalue weighted by Crippen LogP contribution is 2.34. The van der Waals surface area contributed by atoms with Gasteiger partial charge in [-0.2, -0.15) is 0 Å². The summed E-state index contributed by atoms with van der Waals surface area (Å²) in [6.45, 7) is 0.349. The predicted molar refractivity (Wildman–Crippen MR) is 153 cm³/mol. The number of carbonyl (C=O) groups is 2. The van der Waals surface area contributed by atoms with Crippen molar-refractivity contribution in [2.24, 2.45) is 0 Å². The molecule has 1 atom stereocenters. The molecule has 0 aromatic heterocycles. The number of nitrogens with zero attached hydrogens (tertiary/aromatic N) is 2. The molecule has 1 unspecified atom stereocenters. The Labute approximate surface area is 240 Å². The smallest absolute Gasteiger partial charge is 0.256 e. The van der Waals surface area contributed by atoms with E-state index in [9.17, 15) is 9.59 Å². The van der Waals surface area contributed by atoms with E-state index in [2.05, 4.69) is 5.32 Å². The molecular formula is C26H21Cl4N3O3S. The zero-order chi connectivity index (χ0) is 26.7. The lowest BCUT2D eigenvalue weighted by atomic mass is 10.1. The molecule has 4 rings (SSSR count). The van der Waals surface area contributed by atoms with Crippen LogP contribution in [0.2, 0.25) is 20.1 Å². The summed E-state index contributed by atoms with van der Waals surface area (Å²) < 4.78 is 5.22. The first-order valence-electron chi connectivity index (χ1n) is 11.2. The number of hydrogen-bond donors (Lipinski definition) is 1. The fourth-order valence-electron chi connectivity index (χ4n) is 4.04. The number of thiocarbonyl (C=S) groups is 1. The maximum absolute atomic E-state index is 13.6. The van der Waals surface area contributed by atoms with E-state index in [0.29, 0.717) is 50.2 Å². The van der Waals surface area contributed by atoms with Crippen LogP contribution in [0, 0.1) is 0 Å². The van der Waals surface area contributed by atoms with E-state index in [0.717, 1.165) is 5.56 Å². The highest BCUT2D eigenvalue weighted by molar-refractivity contribution is 7.80. The molecule has 1 aliphatic heterocycles. The average Bonchev–Trinajstić information content (AvgIpc) is 3.07. The second kappa shape index (κ2) is 11.9. The van der Waals surface area contributed by atoms with Gasteiger partial charge in [-0.15, -0.1) is 0 Å². The van der Waals surface area contributed by atoms with Crippen molar-refractivity contribution in [2.45, 2.75) is 18.9 Å². The number of ether oxygens (including phenoxy) is 1. The van der Waals surface area contributed by atoms with Crippen molar-refractivity contribution >= 4 is 86.9 Å². The summed E-state index contributed by atoms with van der Waals surface area (Å²) in [6, 6.07) is 16.1. The standard InChI is InChI=1S/C26H21Cl4N3O3S/c1-36-23-8-7-19(13-21(23)30)33-25(35)22(14-24(34)31-18-4-2-3-16(27)11-18)32(26(33)37)10-9-15-5-6-17(28)12-20(15)29/h2-8,11-13,22H,9-10,14H2,1H3,(H,31,34). The van der Waals surface area contributed by atoms with Gasteiger partial charge in [0.1, 0.15) is 11.8 Å². The Balaban J connectivity index is 1.60. The Morgan fingerprint density at radius 2 is 1.76 bits per heavy atom. The molecule has 6 nitrogen and oxygen atoms in total. The molecule has 0 bridgehead atoms. The third-order valence-electron chi connectivity index (χ3n) is 5.84. The van der Waals surface area contributed by atoms with E-state index in [1.807, 2.05) is 6.07 Å². The molecule has 2 amide bonds. The molecule has 1 aliphatic rings. The van der Waals surface area contributed by atoms with Gasteiger partial charge in [-0.05, 0) is 72.7 Å². The molecule has 3 aromatic carbocycles. The van der Waals surface area contributed by atoms with E-state index >= 15 is 0 Å². The van der Waals surface area contributed by atoms with Crippen LogP contribution in [0.5, 0.6) is 5.75 Å². The molecule has 192 valence electrons. The molecular weight excluding hydrogens is 576 g/mol. The molecule has 1 N–H and O–H groups in total. The molecule has 1 saturated heterocycles. The number of anilines is 2. The molecule has 0 saturated carbocycles. The number of methoxy groups -OCH3 is 1. The van der Waals surface area contributed by atoms with E-state index in [-0.39, 0.29) is 23.3 Å². The predicted octanol–water partition coefficient (Wildman–Crippen LogP) is 6.88. The fourth-order valence-corrected chi connectivity index (χ4v) is 5.40. The van der Waals surface area contributed by atoms with Gasteiger partial charge in [-0.1, -0.05) is 58.5 Å². The van der Waals surface area contributed by atoms with Crippen LogP contribution >= 0.6 is 58.6 Å². The number of nitrogens with one attached hydrogen (secondary N) is 1. The zero-order valence-electron chi connectivity index (χ0n) is 19.5. The molecule has 1 fully saturated rings. The van der Waals surface area contributed by atoms with Gasteiger partial charge in [-0.3, -0.25) is 14.5 Å². The second-order valence-corrected chi connectivity index (χ2v) is 10.3. The molecule has 0 aliphatic carbocycles. The Hall–Kier alpha value is -2.55. The van der Waals surface area contributed by atoms with Crippen molar-refractivity contribution in [1.29, 1.82) is 0 Å². The van der Waals surface area contributed by atoms with Crippen LogP contribution in [-0.2, 0) is 16.0 Å². The molecule has 11 heteroatoms. The molecule has 0 spiro atoms. The second-order valence-electron chi connectivity index (χ2n) is 8.23. The first-order chi connectivity index (χ1) is 17.7. The van der Waals surface area contributed by atoms with Gasteiger partial charge in [0.15, 0.2) is 5.11 Å². The van der Waals surface area contributed by atoms with Gasteiger partial charge in [0.2, 0.25) is 5.91 Å². The largest absolute Gasteiger partial charge is 0.495 e. The molecule has 3 aromatic rings. The van der Waals surface area contributed by atoms with E-state index in [4.69, 9.17) is 63.4 Å². The van der Waals surface area contributed by atoms with Crippen molar-refractivity contribution in [3.05, 3.63) is 86.3 Å². The summed E-state index contributed by atoms with van der Waals surface area (Å²) in [5, 5.41) is 4.91. The molecule has 37 heavy (non-hydrogen) atoms. The fraction of sp³-hybridized carbons (Fsp3) is 0.192. The minimum Gasteiger partial charge on any atom is -0.495 e. The van der Waals surface area contributed by atoms with Crippen LogP contribution in [0.3, 0.4) is 0 Å². The van der Waals surface area contributed by atoms with Crippen molar-refractivity contribution in [2.75, 3.05) is 23.9 Å². The summed E-state index contributed by atoms with van der Waals surface area (Å²) in [7, 11) is 1.50. The summed E-state index contributed by atoms with van der Waals surface area (Å²) in [5.74, 6) is -0.225. The first kappa shape index (κ1) is 27.5. The van der Waals surface area contributed by atoms with Crippen LogP contribution in [0.4, 0.5) is 11.4 Å². The van der Waals surface area contributed by atoms with Gasteiger partial charge in [-0.25, -0.2) is 0 Å². The topological polar surface area (TPSA) is 61.9 Å². The lowest BCUT2D eigenvalue weighted by molar-refractivity contribution is -0.124. The summed E-state index contributed by atoms with van der Waals surface area (Å²) in [6.07, 6.45) is 0.354. The number of halogens is 4. The van der Waals surface area contributed by atoms with Gasteiger partial charge in [0.25, 0.3) is 5.91 Å². The van der Waals surface area contributed by atoms with Crippen LogP contribution < -0.4 is 15.0 Å². The van der Waals surface area contributed by atoms with E-state index < -0.39 is 6.04 Å². The quantitative estimate of drug-likeness (QED) is 0.287. The maximum atomic E-state index is 13.6. The van der Waals surface area contributed by atoms with Crippen LogP contribution in [0.15, 0.2) is 60.7 Å². The summed E-state index contributed by atoms with van der Waals surface area (Å²) in [4.78, 5) is 29.7. The number of carbonyl (C=O) groups excluding carboxylic acids is 2. The minimum atomic E-state index is -0.835. The highest BCUT2D eigenvalue weighted by Gasteiger charge is 2.44. The Bertz CT molecular complexity index is 1370. The lowest BCUT2D eigenvalue weighted by Gasteiger charge is -2.24. The average molecular weight is 597 g/mol. The summed E-state index contributed by atoms with van der Waals surface area (Å²) >= 11 is 30.5. The van der Waals surface area contributed by atoms with Crippen molar-refractivity contribution in [3.63, 3.8) is 0 Å². The van der Waals surface area contributed by atoms with Gasteiger partial charge < -0.3 is 15.0 Å². The van der Waals surface area contributed by atoms with Crippen molar-refractivity contribution in [1.82, 2.24) is 4.90 Å². The molecule has 1 heterocycles. The van der Waals surface area contributed by atoms with Gasteiger partial charge >= 0.3 is 0 Å². The third kappa shape index (κ3) is 6.30. The van der Waals surface area contributed by atoms with E-state index in [1.165, 1.54) is 12.0 Å². The van der Waals surface area contributed by atoms with Crippen LogP contribution in [0.25, 0.3) is 0 Å². The number of hydrogen-bond acceptors (Lipinski definition) is 4. The van der Waals surface area contributed by atoms with Gasteiger partial charge in [0.05, 0.1) is 24.2 Å². The molecule has 0 radical (unpaired) electrons. The van der Waals surface area contributed by atoms with Crippen LogP contribution in [-0.4, -0.2) is 41.5 Å². The monoisotopic (exact) mass is 595 g/mol. The number of benzene rings is 3. The Morgan fingerprint density at radius 1 is 1.00 bits per heavy atom. The summed E-state index contributed by atoms with van der Waals surface area (Å²) in [5.41, 5.74) is 1.85. The van der Waals surface area contributed by atoms with Crippen LogP contribution in [0.1, 0.15) is 12.0 Å². The lowest BCUT2D eigenvalue weighted by Crippen LogP contribution is -2.39. The minimum absolute atomic E-state index is 0.125. The number of rotatable bonds is 8. The van der Waals surface area contributed by atoms with Crippen molar-refractivity contribution < 1.29 is 14.3 Å². The number of amides is 2. The maximum Gasteiger partial charge on any atom is 0.256 e.